The number of nitrogens with two attached hydrogens (primary N) is 1. The standard InChI is InChI=1S/C11H13ClN4O2S/c12-10-8-9(2-3-11(10)13)19(17,18)15-5-7-16-6-1-4-14-16/h1-4,6,8,15H,5,7,13H2. The highest BCUT2D eigenvalue weighted by Gasteiger charge is 2.14. The van der Waals surface area contributed by atoms with Crippen molar-refractivity contribution in [2.75, 3.05) is 12.3 Å². The van der Waals surface area contributed by atoms with Gasteiger partial charge in [0.2, 0.25) is 10.0 Å². The summed E-state index contributed by atoms with van der Waals surface area (Å²) >= 11 is 5.80. The van der Waals surface area contributed by atoms with E-state index >= 15 is 0 Å². The highest BCUT2D eigenvalue weighted by atomic mass is 35.5. The monoisotopic (exact) mass is 300 g/mol. The van der Waals surface area contributed by atoms with Crippen molar-refractivity contribution in [1.29, 1.82) is 0 Å². The second kappa shape index (κ2) is 5.60. The summed E-state index contributed by atoms with van der Waals surface area (Å²) in [6.45, 7) is 0.695. The van der Waals surface area contributed by atoms with Crippen molar-refractivity contribution < 1.29 is 8.42 Å². The maximum atomic E-state index is 12.0. The number of benzene rings is 1. The number of sulfonamides is 1. The van der Waals surface area contributed by atoms with Crippen molar-refractivity contribution in [3.05, 3.63) is 41.7 Å². The topological polar surface area (TPSA) is 90.0 Å². The van der Waals surface area contributed by atoms with Gasteiger partial charge in [-0.2, -0.15) is 5.10 Å². The molecule has 2 aromatic rings. The van der Waals surface area contributed by atoms with Crippen molar-refractivity contribution in [1.82, 2.24) is 14.5 Å². The zero-order valence-electron chi connectivity index (χ0n) is 9.95. The molecule has 0 atom stereocenters. The Bertz CT molecular complexity index is 655. The van der Waals surface area contributed by atoms with Crippen molar-refractivity contribution in [2.24, 2.45) is 0 Å². The number of hydrogen-bond acceptors (Lipinski definition) is 4. The molecule has 1 aromatic heterocycles. The Labute approximate surface area is 116 Å². The lowest BCUT2D eigenvalue weighted by atomic mass is 10.3. The molecule has 8 heteroatoms. The number of hydrogen-bond donors (Lipinski definition) is 2. The largest absolute Gasteiger partial charge is 0.398 e. The van der Waals surface area contributed by atoms with Gasteiger partial charge in [0.05, 0.1) is 22.2 Å². The van der Waals surface area contributed by atoms with Gasteiger partial charge < -0.3 is 5.73 Å². The molecule has 0 aliphatic carbocycles. The predicted molar refractivity (Wildman–Crippen MR) is 73.3 cm³/mol. The molecule has 0 amide bonds. The molecule has 102 valence electrons. The highest BCUT2D eigenvalue weighted by molar-refractivity contribution is 7.89. The van der Waals surface area contributed by atoms with Crippen molar-refractivity contribution in [2.45, 2.75) is 11.4 Å². The second-order valence-corrected chi connectivity index (χ2v) is 6.02. The maximum Gasteiger partial charge on any atom is 0.240 e. The average molecular weight is 301 g/mol. The molecule has 6 nitrogen and oxygen atoms in total. The Morgan fingerprint density at radius 1 is 1.42 bits per heavy atom. The Hall–Kier alpha value is -1.57. The fraction of sp³-hybridized carbons (Fsp3) is 0.182. The number of halogens is 1. The summed E-state index contributed by atoms with van der Waals surface area (Å²) in [5.74, 6) is 0. The van der Waals surface area contributed by atoms with Crippen LogP contribution in [0.2, 0.25) is 5.02 Å². The minimum Gasteiger partial charge on any atom is -0.398 e. The number of aromatic nitrogens is 2. The van der Waals surface area contributed by atoms with Crippen LogP contribution in [-0.4, -0.2) is 24.7 Å². The average Bonchev–Trinajstić information content (AvgIpc) is 2.85. The Balaban J connectivity index is 2.03. The zero-order valence-corrected chi connectivity index (χ0v) is 11.5. The van der Waals surface area contributed by atoms with Crippen LogP contribution in [0, 0.1) is 0 Å². The molecule has 2 rings (SSSR count). The zero-order chi connectivity index (χ0) is 13.9. The Morgan fingerprint density at radius 2 is 2.21 bits per heavy atom. The highest BCUT2D eigenvalue weighted by Crippen LogP contribution is 2.22. The van der Waals surface area contributed by atoms with Gasteiger partial charge in [-0.15, -0.1) is 0 Å². The van der Waals surface area contributed by atoms with E-state index in [0.29, 0.717) is 12.2 Å². The second-order valence-electron chi connectivity index (χ2n) is 3.85. The van der Waals surface area contributed by atoms with Crippen LogP contribution in [0.4, 0.5) is 5.69 Å². The number of nitrogens with zero attached hydrogens (tertiary/aromatic N) is 2. The fourth-order valence-electron chi connectivity index (χ4n) is 1.49. The van der Waals surface area contributed by atoms with Crippen molar-refractivity contribution in [3.63, 3.8) is 0 Å². The van der Waals surface area contributed by atoms with Crippen LogP contribution >= 0.6 is 11.6 Å². The molecule has 1 aromatic carbocycles. The molecule has 0 aliphatic rings. The van der Waals surface area contributed by atoms with Crippen LogP contribution in [0.1, 0.15) is 0 Å². The molecule has 0 fully saturated rings. The lowest BCUT2D eigenvalue weighted by Crippen LogP contribution is -2.27. The van der Waals surface area contributed by atoms with Gasteiger partial charge >= 0.3 is 0 Å². The normalized spacial score (nSPS) is 11.6. The van der Waals surface area contributed by atoms with Gasteiger partial charge in [0.25, 0.3) is 0 Å². The van der Waals surface area contributed by atoms with Crippen LogP contribution in [0.15, 0.2) is 41.6 Å². The van der Waals surface area contributed by atoms with Gasteiger partial charge in [0.1, 0.15) is 0 Å². The number of nitrogen functional groups attached to an aromatic ring is 1. The first kappa shape index (κ1) is 13.9. The van der Waals surface area contributed by atoms with Gasteiger partial charge in [-0.1, -0.05) is 11.6 Å². The minimum atomic E-state index is -3.58. The van der Waals surface area contributed by atoms with E-state index in [1.165, 1.54) is 18.2 Å². The summed E-state index contributed by atoms with van der Waals surface area (Å²) in [5, 5.41) is 4.20. The van der Waals surface area contributed by atoms with Crippen LogP contribution in [-0.2, 0) is 16.6 Å². The molecule has 19 heavy (non-hydrogen) atoms. The number of nitrogens with one attached hydrogen (secondary N) is 1. The van der Waals surface area contributed by atoms with Gasteiger partial charge in [0, 0.05) is 18.9 Å². The summed E-state index contributed by atoms with van der Waals surface area (Å²) in [5.41, 5.74) is 5.88. The molecule has 0 saturated carbocycles. The smallest absolute Gasteiger partial charge is 0.240 e. The van der Waals surface area contributed by atoms with Crippen molar-refractivity contribution >= 4 is 27.3 Å². The van der Waals surface area contributed by atoms with Gasteiger partial charge in [-0.25, -0.2) is 13.1 Å². The summed E-state index contributed by atoms with van der Waals surface area (Å²) in [6, 6.07) is 5.98. The summed E-state index contributed by atoms with van der Waals surface area (Å²) in [7, 11) is -3.58. The Kier molecular flexibility index (Phi) is 4.08. The third-order valence-electron chi connectivity index (χ3n) is 2.47. The first-order chi connectivity index (χ1) is 8.99. The van der Waals surface area contributed by atoms with E-state index in [4.69, 9.17) is 17.3 Å². The predicted octanol–water partition coefficient (Wildman–Crippen LogP) is 1.10. The number of rotatable bonds is 5. The quantitative estimate of drug-likeness (QED) is 0.809. The maximum absolute atomic E-state index is 12.0. The lowest BCUT2D eigenvalue weighted by Gasteiger charge is -2.08. The molecule has 0 bridgehead atoms. The van der Waals surface area contributed by atoms with Gasteiger partial charge in [-0.05, 0) is 24.3 Å². The molecule has 0 spiro atoms. The molecule has 0 aliphatic heterocycles. The molecule has 3 N–H and O–H groups in total. The first-order valence-electron chi connectivity index (χ1n) is 5.51. The van der Waals surface area contributed by atoms with Crippen LogP contribution in [0.25, 0.3) is 0 Å². The first-order valence-corrected chi connectivity index (χ1v) is 7.37. The number of anilines is 1. The van der Waals surface area contributed by atoms with Gasteiger partial charge in [0.15, 0.2) is 0 Å². The molecule has 0 saturated heterocycles. The van der Waals surface area contributed by atoms with E-state index in [0.717, 1.165) is 0 Å². The molecular weight excluding hydrogens is 288 g/mol. The van der Waals surface area contributed by atoms with E-state index in [-0.39, 0.29) is 16.5 Å². The lowest BCUT2D eigenvalue weighted by molar-refractivity contribution is 0.561. The van der Waals surface area contributed by atoms with E-state index in [9.17, 15) is 8.42 Å². The summed E-state index contributed by atoms with van der Waals surface area (Å²) in [6.07, 6.45) is 3.39. The SMILES string of the molecule is Nc1ccc(S(=O)(=O)NCCn2cccn2)cc1Cl. The molecule has 0 unspecified atom stereocenters. The molecule has 1 heterocycles. The van der Waals surface area contributed by atoms with E-state index in [1.807, 2.05) is 0 Å². The third-order valence-corrected chi connectivity index (χ3v) is 4.26. The summed E-state index contributed by atoms with van der Waals surface area (Å²) < 4.78 is 28.1. The Morgan fingerprint density at radius 3 is 2.84 bits per heavy atom. The minimum absolute atomic E-state index is 0.0900. The third kappa shape index (κ3) is 3.46. The molecular formula is C11H13ClN4O2S. The van der Waals surface area contributed by atoms with E-state index in [1.54, 1.807) is 23.1 Å². The van der Waals surface area contributed by atoms with Crippen LogP contribution < -0.4 is 10.5 Å². The van der Waals surface area contributed by atoms with Gasteiger partial charge in [-0.3, -0.25) is 4.68 Å². The van der Waals surface area contributed by atoms with E-state index in [2.05, 4.69) is 9.82 Å². The summed E-state index contributed by atoms with van der Waals surface area (Å²) in [4.78, 5) is 0.0900. The van der Waals surface area contributed by atoms with Crippen molar-refractivity contribution in [3.8, 4) is 0 Å². The van der Waals surface area contributed by atoms with Crippen LogP contribution in [0.3, 0.4) is 0 Å². The van der Waals surface area contributed by atoms with E-state index < -0.39 is 10.0 Å². The molecule has 0 radical (unpaired) electrons. The van der Waals surface area contributed by atoms with Crippen LogP contribution in [0.5, 0.6) is 0 Å². The fourth-order valence-corrected chi connectivity index (χ4v) is 2.78.